The van der Waals surface area contributed by atoms with Gasteiger partial charge in [-0.05, 0) is 41.5 Å². The number of benzene rings is 1. The number of amides is 2. The van der Waals surface area contributed by atoms with Gasteiger partial charge in [0.25, 0.3) is 0 Å². The number of nitrogens with zero attached hydrogens (tertiary/aromatic N) is 2. The molecule has 2 atom stereocenters. The molecule has 0 saturated carbocycles. The normalized spacial score (nSPS) is 21.6. The van der Waals surface area contributed by atoms with Crippen LogP contribution in [0.25, 0.3) is 0 Å². The van der Waals surface area contributed by atoms with Crippen molar-refractivity contribution in [2.45, 2.75) is 31.7 Å². The van der Waals surface area contributed by atoms with Gasteiger partial charge in [-0.15, -0.1) is 11.3 Å². The summed E-state index contributed by atoms with van der Waals surface area (Å²) >= 11 is 1.77. The molecule has 4 rings (SSSR count). The third-order valence-corrected chi connectivity index (χ3v) is 7.06. The lowest BCUT2D eigenvalue weighted by Crippen LogP contribution is -2.36. The van der Waals surface area contributed by atoms with E-state index in [0.29, 0.717) is 26.2 Å². The van der Waals surface area contributed by atoms with Crippen LogP contribution in [0.2, 0.25) is 0 Å². The molecule has 0 spiro atoms. The Morgan fingerprint density at radius 3 is 2.54 bits per heavy atom. The van der Waals surface area contributed by atoms with E-state index in [0.717, 1.165) is 13.0 Å². The van der Waals surface area contributed by atoms with E-state index >= 15 is 0 Å². The smallest absolute Gasteiger partial charge is 0.223 e. The summed E-state index contributed by atoms with van der Waals surface area (Å²) in [6.07, 6.45) is 1.50. The molecule has 6 heteroatoms. The van der Waals surface area contributed by atoms with Crippen LogP contribution in [-0.4, -0.2) is 47.8 Å². The van der Waals surface area contributed by atoms with Crippen LogP contribution in [0.5, 0.6) is 0 Å². The van der Waals surface area contributed by atoms with Crippen LogP contribution in [0.1, 0.15) is 34.8 Å². The SMILES string of the molecule is NC[C@@H]1CN(C(=O)CCC(=O)N2CCc3sccc3C2)C[C@H]1c1ccccc1. The van der Waals surface area contributed by atoms with Gasteiger partial charge in [-0.3, -0.25) is 9.59 Å². The van der Waals surface area contributed by atoms with Gasteiger partial charge in [0, 0.05) is 49.8 Å². The molecule has 148 valence electrons. The van der Waals surface area contributed by atoms with Gasteiger partial charge in [0.1, 0.15) is 0 Å². The van der Waals surface area contributed by atoms with Gasteiger partial charge in [0.2, 0.25) is 11.8 Å². The maximum Gasteiger partial charge on any atom is 0.223 e. The molecule has 28 heavy (non-hydrogen) atoms. The molecule has 2 aliphatic heterocycles. The fraction of sp³-hybridized carbons (Fsp3) is 0.455. The largest absolute Gasteiger partial charge is 0.342 e. The van der Waals surface area contributed by atoms with Crippen molar-refractivity contribution < 1.29 is 9.59 Å². The highest BCUT2D eigenvalue weighted by molar-refractivity contribution is 7.10. The van der Waals surface area contributed by atoms with E-state index in [4.69, 9.17) is 5.73 Å². The minimum atomic E-state index is 0.0680. The van der Waals surface area contributed by atoms with Crippen molar-refractivity contribution in [3.05, 3.63) is 57.8 Å². The van der Waals surface area contributed by atoms with Crippen molar-refractivity contribution in [3.63, 3.8) is 0 Å². The Hall–Kier alpha value is -2.18. The lowest BCUT2D eigenvalue weighted by Gasteiger charge is -2.27. The number of carbonyl (C=O) groups is 2. The van der Waals surface area contributed by atoms with Crippen molar-refractivity contribution in [2.24, 2.45) is 11.7 Å². The predicted molar refractivity (Wildman–Crippen MR) is 111 cm³/mol. The molecule has 5 nitrogen and oxygen atoms in total. The number of thiophene rings is 1. The first kappa shape index (κ1) is 19.2. The standard InChI is InChI=1S/C22H27N3O2S/c23-12-18-14-25(15-19(18)16-4-2-1-3-5-16)22(27)7-6-21(26)24-10-8-20-17(13-24)9-11-28-20/h1-5,9,11,18-19H,6-8,10,12-15,23H2/t18-,19+/m1/s1. The van der Waals surface area contributed by atoms with Crippen LogP contribution in [0.15, 0.2) is 41.8 Å². The van der Waals surface area contributed by atoms with E-state index < -0.39 is 0 Å². The second-order valence-corrected chi connectivity index (χ2v) is 8.75. The van der Waals surface area contributed by atoms with E-state index in [-0.39, 0.29) is 36.5 Å². The fourth-order valence-electron chi connectivity index (χ4n) is 4.38. The zero-order chi connectivity index (χ0) is 19.5. The molecule has 1 fully saturated rings. The Bertz CT molecular complexity index is 835. The molecule has 2 N–H and O–H groups in total. The van der Waals surface area contributed by atoms with Gasteiger partial charge < -0.3 is 15.5 Å². The van der Waals surface area contributed by atoms with E-state index in [2.05, 4.69) is 23.6 Å². The molecule has 1 aromatic heterocycles. The molecule has 2 amide bonds. The number of nitrogens with two attached hydrogens (primary N) is 1. The molecule has 1 aromatic carbocycles. The Kier molecular flexibility index (Phi) is 5.78. The Morgan fingerprint density at radius 2 is 1.79 bits per heavy atom. The number of hydrogen-bond acceptors (Lipinski definition) is 4. The van der Waals surface area contributed by atoms with E-state index in [1.807, 2.05) is 28.0 Å². The van der Waals surface area contributed by atoms with E-state index in [1.165, 1.54) is 16.0 Å². The molecule has 2 aromatic rings. The number of rotatable bonds is 5. The number of likely N-dealkylation sites (tertiary alicyclic amines) is 1. The Morgan fingerprint density at radius 1 is 1.04 bits per heavy atom. The molecular weight excluding hydrogens is 370 g/mol. The highest BCUT2D eigenvalue weighted by Gasteiger charge is 2.35. The number of fused-ring (bicyclic) bond motifs is 1. The van der Waals surface area contributed by atoms with Crippen molar-refractivity contribution >= 4 is 23.2 Å². The molecule has 0 aliphatic carbocycles. The Balaban J connectivity index is 1.31. The van der Waals surface area contributed by atoms with Crippen LogP contribution < -0.4 is 5.73 Å². The first-order valence-electron chi connectivity index (χ1n) is 10.0. The van der Waals surface area contributed by atoms with Crippen LogP contribution in [0, 0.1) is 5.92 Å². The first-order valence-corrected chi connectivity index (χ1v) is 10.9. The van der Waals surface area contributed by atoms with Gasteiger partial charge in [-0.2, -0.15) is 0 Å². The van der Waals surface area contributed by atoms with Gasteiger partial charge in [-0.1, -0.05) is 30.3 Å². The number of carbonyl (C=O) groups excluding carboxylic acids is 2. The summed E-state index contributed by atoms with van der Waals surface area (Å²) in [5.74, 6) is 0.712. The lowest BCUT2D eigenvalue weighted by atomic mass is 9.89. The summed E-state index contributed by atoms with van der Waals surface area (Å²) in [7, 11) is 0. The summed E-state index contributed by atoms with van der Waals surface area (Å²) in [5, 5.41) is 2.09. The van der Waals surface area contributed by atoms with Gasteiger partial charge >= 0.3 is 0 Å². The van der Waals surface area contributed by atoms with Gasteiger partial charge in [-0.25, -0.2) is 0 Å². The molecule has 1 saturated heterocycles. The Labute approximate surface area is 170 Å². The van der Waals surface area contributed by atoms with Crippen LogP contribution in [0.3, 0.4) is 0 Å². The van der Waals surface area contributed by atoms with Crippen molar-refractivity contribution in [2.75, 3.05) is 26.2 Å². The molecule has 2 aliphatic rings. The zero-order valence-electron chi connectivity index (χ0n) is 16.0. The second-order valence-electron chi connectivity index (χ2n) is 7.75. The third-order valence-electron chi connectivity index (χ3n) is 6.04. The van der Waals surface area contributed by atoms with E-state index in [1.54, 1.807) is 11.3 Å². The average Bonchev–Trinajstić information content (AvgIpc) is 3.38. The van der Waals surface area contributed by atoms with Crippen molar-refractivity contribution in [1.29, 1.82) is 0 Å². The summed E-state index contributed by atoms with van der Waals surface area (Å²) in [4.78, 5) is 30.5. The first-order chi connectivity index (χ1) is 13.7. The molecule has 3 heterocycles. The lowest BCUT2D eigenvalue weighted by molar-refractivity contribution is -0.137. The number of hydrogen-bond donors (Lipinski definition) is 1. The minimum Gasteiger partial charge on any atom is -0.342 e. The second kappa shape index (κ2) is 8.45. The summed E-state index contributed by atoms with van der Waals surface area (Å²) < 4.78 is 0. The maximum atomic E-state index is 12.7. The van der Waals surface area contributed by atoms with Crippen LogP contribution >= 0.6 is 11.3 Å². The highest BCUT2D eigenvalue weighted by atomic mass is 32.1. The molecule has 0 bridgehead atoms. The van der Waals surface area contributed by atoms with Crippen LogP contribution in [-0.2, 0) is 22.6 Å². The minimum absolute atomic E-state index is 0.0680. The molecular formula is C22H27N3O2S. The summed E-state index contributed by atoms with van der Waals surface area (Å²) in [5.41, 5.74) is 8.47. The monoisotopic (exact) mass is 397 g/mol. The van der Waals surface area contributed by atoms with Crippen molar-refractivity contribution in [3.8, 4) is 0 Å². The van der Waals surface area contributed by atoms with E-state index in [9.17, 15) is 9.59 Å². The fourth-order valence-corrected chi connectivity index (χ4v) is 5.27. The molecule has 0 unspecified atom stereocenters. The highest BCUT2D eigenvalue weighted by Crippen LogP contribution is 2.32. The zero-order valence-corrected chi connectivity index (χ0v) is 16.9. The van der Waals surface area contributed by atoms with Gasteiger partial charge in [0.15, 0.2) is 0 Å². The predicted octanol–water partition coefficient (Wildman–Crippen LogP) is 2.61. The molecule has 0 radical (unpaired) electrons. The average molecular weight is 398 g/mol. The van der Waals surface area contributed by atoms with Gasteiger partial charge in [0.05, 0.1) is 0 Å². The topological polar surface area (TPSA) is 66.6 Å². The summed E-state index contributed by atoms with van der Waals surface area (Å²) in [6.45, 7) is 3.39. The maximum absolute atomic E-state index is 12.7. The van der Waals surface area contributed by atoms with Crippen molar-refractivity contribution in [1.82, 2.24) is 9.80 Å². The summed E-state index contributed by atoms with van der Waals surface area (Å²) in [6, 6.07) is 12.4. The third kappa shape index (κ3) is 3.98. The quantitative estimate of drug-likeness (QED) is 0.843. The van der Waals surface area contributed by atoms with Crippen LogP contribution in [0.4, 0.5) is 0 Å².